The molecule has 4 aliphatic heterocycles. The van der Waals surface area contributed by atoms with Gasteiger partial charge in [0, 0.05) is 36.0 Å². The van der Waals surface area contributed by atoms with E-state index in [1.165, 1.54) is 12.3 Å². The van der Waals surface area contributed by atoms with Crippen LogP contribution < -0.4 is 11.1 Å². The van der Waals surface area contributed by atoms with Crippen molar-refractivity contribution in [2.75, 3.05) is 38.7 Å². The van der Waals surface area contributed by atoms with E-state index in [0.29, 0.717) is 44.8 Å². The van der Waals surface area contributed by atoms with Gasteiger partial charge in [-0.25, -0.2) is 23.7 Å². The second kappa shape index (κ2) is 8.29. The molecule has 4 aliphatic rings. The number of nitrogens with one attached hydrogen (secondary N) is 1. The number of aromatic nitrogens is 1. The summed E-state index contributed by atoms with van der Waals surface area (Å²) in [7, 11) is 0. The largest absolute Gasteiger partial charge is 0.384 e. The maximum Gasteiger partial charge on any atom is 0.264 e. The van der Waals surface area contributed by atoms with Crippen LogP contribution in [0.5, 0.6) is 0 Å². The number of rotatable bonds is 3. The van der Waals surface area contributed by atoms with Gasteiger partial charge in [-0.3, -0.25) is 4.90 Å². The van der Waals surface area contributed by atoms with Gasteiger partial charge in [-0.05, 0) is 25.8 Å². The molecule has 0 amide bonds. The van der Waals surface area contributed by atoms with Crippen LogP contribution in [0, 0.1) is 0 Å². The van der Waals surface area contributed by atoms with Crippen LogP contribution in [0.3, 0.4) is 0 Å². The Kier molecular flexibility index (Phi) is 5.49. The molecule has 0 spiro atoms. The highest BCUT2D eigenvalue weighted by molar-refractivity contribution is 6.10. The predicted octanol–water partition coefficient (Wildman–Crippen LogP) is 1.17. The summed E-state index contributed by atoms with van der Waals surface area (Å²) >= 11 is 0. The standard InChI is InChI=1S/C20H27F2N7O2/c1-11-8-30-5-4-28(11)19-25-18(15-7-24-16(23)6-14(15)17(21)22)26-20(27-19)29-12-2-3-13(29)10-31-9-12/h6-7,11-13,17,20H,2-5,8-10H2,1H3,(H2,23,24)(H,25,26,27)/t11-,12?,13?,20?/m0/s1. The van der Waals surface area contributed by atoms with Crippen molar-refractivity contribution in [3.05, 3.63) is 23.4 Å². The smallest absolute Gasteiger partial charge is 0.264 e. The van der Waals surface area contributed by atoms with Crippen LogP contribution in [0.2, 0.25) is 0 Å². The number of nitrogens with zero attached hydrogens (tertiary/aromatic N) is 5. The summed E-state index contributed by atoms with van der Waals surface area (Å²) in [5, 5.41) is 3.20. The molecule has 1 aromatic rings. The predicted molar refractivity (Wildman–Crippen MR) is 111 cm³/mol. The van der Waals surface area contributed by atoms with Crippen molar-refractivity contribution in [3.8, 4) is 0 Å². The van der Waals surface area contributed by atoms with E-state index in [0.717, 1.165) is 12.8 Å². The normalized spacial score (nSPS) is 31.4. The van der Waals surface area contributed by atoms with Crippen molar-refractivity contribution in [3.63, 3.8) is 0 Å². The molecule has 0 saturated carbocycles. The molecule has 2 bridgehead atoms. The second-order valence-electron chi connectivity index (χ2n) is 8.39. The van der Waals surface area contributed by atoms with Gasteiger partial charge in [0.2, 0.25) is 12.2 Å². The lowest BCUT2D eigenvalue weighted by Crippen LogP contribution is -2.58. The maximum absolute atomic E-state index is 13.8. The first-order valence-corrected chi connectivity index (χ1v) is 10.7. The lowest BCUT2D eigenvalue weighted by molar-refractivity contribution is -0.0339. The molecule has 5 heterocycles. The lowest BCUT2D eigenvalue weighted by atomic mass is 10.1. The van der Waals surface area contributed by atoms with Crippen LogP contribution in [0.25, 0.3) is 0 Å². The average molecular weight is 435 g/mol. The van der Waals surface area contributed by atoms with Crippen molar-refractivity contribution < 1.29 is 18.3 Å². The third kappa shape index (κ3) is 3.85. The zero-order valence-electron chi connectivity index (χ0n) is 17.4. The number of hydrogen-bond acceptors (Lipinski definition) is 9. The molecule has 3 saturated heterocycles. The van der Waals surface area contributed by atoms with Crippen molar-refractivity contribution in [2.24, 2.45) is 9.98 Å². The molecule has 31 heavy (non-hydrogen) atoms. The molecule has 5 rings (SSSR count). The van der Waals surface area contributed by atoms with E-state index in [4.69, 9.17) is 25.2 Å². The number of ether oxygens (including phenoxy) is 2. The second-order valence-corrected chi connectivity index (χ2v) is 8.39. The number of fused-ring (bicyclic) bond motifs is 2. The first-order chi connectivity index (χ1) is 15.0. The summed E-state index contributed by atoms with van der Waals surface area (Å²) in [4.78, 5) is 18.1. The molecule has 3 unspecified atom stereocenters. The van der Waals surface area contributed by atoms with E-state index >= 15 is 0 Å². The van der Waals surface area contributed by atoms with E-state index in [2.05, 4.69) is 27.0 Å². The van der Waals surface area contributed by atoms with Gasteiger partial charge in [-0.2, -0.15) is 0 Å². The molecule has 11 heteroatoms. The topological polar surface area (TPSA) is 101 Å². The summed E-state index contributed by atoms with van der Waals surface area (Å²) in [5.74, 6) is 1.00. The molecule has 3 N–H and O–H groups in total. The van der Waals surface area contributed by atoms with E-state index in [-0.39, 0.29) is 35.1 Å². The molecule has 0 radical (unpaired) electrons. The van der Waals surface area contributed by atoms with E-state index < -0.39 is 12.7 Å². The Hall–Kier alpha value is -2.37. The van der Waals surface area contributed by atoms with Crippen LogP contribution in [0.1, 0.15) is 37.3 Å². The molecule has 1 aromatic heterocycles. The van der Waals surface area contributed by atoms with Gasteiger partial charge in [-0.1, -0.05) is 0 Å². The minimum absolute atomic E-state index is 0.0499. The van der Waals surface area contributed by atoms with Gasteiger partial charge in [0.05, 0.1) is 32.5 Å². The molecule has 0 aromatic carbocycles. The Morgan fingerprint density at radius 2 is 1.94 bits per heavy atom. The number of anilines is 1. The van der Waals surface area contributed by atoms with E-state index in [1.54, 1.807) is 0 Å². The Balaban J connectivity index is 1.54. The zero-order chi connectivity index (χ0) is 21.5. The summed E-state index contributed by atoms with van der Waals surface area (Å²) in [6.45, 7) is 5.14. The monoisotopic (exact) mass is 435 g/mol. The molecule has 3 fully saturated rings. The highest BCUT2D eigenvalue weighted by atomic mass is 19.3. The number of alkyl halides is 2. The van der Waals surface area contributed by atoms with Gasteiger partial charge in [0.1, 0.15) is 11.7 Å². The number of nitrogens with two attached hydrogens (primary N) is 1. The van der Waals surface area contributed by atoms with Crippen LogP contribution in [0.4, 0.5) is 14.6 Å². The van der Waals surface area contributed by atoms with E-state index in [1.807, 2.05) is 0 Å². The van der Waals surface area contributed by atoms with Gasteiger partial charge in [0.25, 0.3) is 6.43 Å². The summed E-state index contributed by atoms with van der Waals surface area (Å²) < 4.78 is 38.9. The van der Waals surface area contributed by atoms with Crippen LogP contribution in [-0.2, 0) is 9.47 Å². The Bertz CT molecular complexity index is 880. The number of halogens is 2. The molecule has 168 valence electrons. The van der Waals surface area contributed by atoms with Crippen molar-refractivity contribution >= 4 is 17.6 Å². The maximum atomic E-state index is 13.8. The third-order valence-electron chi connectivity index (χ3n) is 6.36. The van der Waals surface area contributed by atoms with Crippen LogP contribution in [0.15, 0.2) is 22.2 Å². The number of pyridine rings is 1. The fraction of sp³-hybridized carbons (Fsp3) is 0.650. The highest BCUT2D eigenvalue weighted by Gasteiger charge is 2.43. The molecule has 0 aliphatic carbocycles. The summed E-state index contributed by atoms with van der Waals surface area (Å²) in [6.07, 6.45) is 0.186. The van der Waals surface area contributed by atoms with Gasteiger partial charge >= 0.3 is 0 Å². The minimum atomic E-state index is -2.70. The minimum Gasteiger partial charge on any atom is -0.384 e. The van der Waals surface area contributed by atoms with Gasteiger partial charge in [-0.15, -0.1) is 0 Å². The molecule has 9 nitrogen and oxygen atoms in total. The Labute approximate surface area is 179 Å². The first kappa shape index (κ1) is 20.5. The zero-order valence-corrected chi connectivity index (χ0v) is 17.4. The summed E-state index contributed by atoms with van der Waals surface area (Å²) in [5.41, 5.74) is 5.72. The van der Waals surface area contributed by atoms with E-state index in [9.17, 15) is 8.78 Å². The molecule has 4 atom stereocenters. The Morgan fingerprint density at radius 1 is 1.16 bits per heavy atom. The number of aliphatic imine (C=N–C) groups is 2. The number of hydrogen-bond donors (Lipinski definition) is 2. The SMILES string of the molecule is C[C@H]1COCCN1C1=NC(N2C3CCC2COC3)N=C(c2cnc(N)cc2C(F)F)N1. The number of amidine groups is 1. The fourth-order valence-electron chi connectivity index (χ4n) is 4.79. The highest BCUT2D eigenvalue weighted by Crippen LogP contribution is 2.33. The van der Waals surface area contributed by atoms with Crippen molar-refractivity contribution in [1.29, 1.82) is 0 Å². The van der Waals surface area contributed by atoms with Crippen LogP contribution in [-0.4, -0.2) is 84.0 Å². The molecular formula is C20H27F2N7O2. The fourth-order valence-corrected chi connectivity index (χ4v) is 4.79. The van der Waals surface area contributed by atoms with Crippen LogP contribution >= 0.6 is 0 Å². The van der Waals surface area contributed by atoms with Crippen molar-refractivity contribution in [1.82, 2.24) is 20.1 Å². The number of morpholine rings is 2. The number of nitrogen functional groups attached to an aromatic ring is 1. The lowest BCUT2D eigenvalue weighted by Gasteiger charge is -2.41. The van der Waals surface area contributed by atoms with Crippen molar-refractivity contribution in [2.45, 2.75) is 50.6 Å². The third-order valence-corrected chi connectivity index (χ3v) is 6.36. The first-order valence-electron chi connectivity index (χ1n) is 10.7. The average Bonchev–Trinajstić information content (AvgIpc) is 3.02. The molecular weight excluding hydrogens is 408 g/mol. The van der Waals surface area contributed by atoms with Gasteiger partial charge in [0.15, 0.2) is 0 Å². The Morgan fingerprint density at radius 3 is 2.65 bits per heavy atom. The quantitative estimate of drug-likeness (QED) is 0.735. The number of guanidine groups is 1. The van der Waals surface area contributed by atoms with Gasteiger partial charge < -0.3 is 25.4 Å². The summed E-state index contributed by atoms with van der Waals surface area (Å²) in [6, 6.07) is 1.75.